The van der Waals surface area contributed by atoms with E-state index in [1.807, 2.05) is 18.2 Å². The summed E-state index contributed by atoms with van der Waals surface area (Å²) in [6, 6.07) is 9.69. The number of nitrogens with one attached hydrogen (secondary N) is 3. The number of benzene rings is 1. The quantitative estimate of drug-likeness (QED) is 0.812. The third kappa shape index (κ3) is 3.50. The van der Waals surface area contributed by atoms with E-state index in [0.29, 0.717) is 18.1 Å². The minimum absolute atomic E-state index is 0.0238. The minimum atomic E-state index is -0.0238. The smallest absolute Gasteiger partial charge is 0.255 e. The Kier molecular flexibility index (Phi) is 4.48. The van der Waals surface area contributed by atoms with Crippen molar-refractivity contribution in [2.24, 2.45) is 0 Å². The highest BCUT2D eigenvalue weighted by atomic mass is 16.1. The van der Waals surface area contributed by atoms with Crippen molar-refractivity contribution in [2.75, 3.05) is 5.32 Å². The summed E-state index contributed by atoms with van der Waals surface area (Å²) < 4.78 is 0. The summed E-state index contributed by atoms with van der Waals surface area (Å²) in [5, 5.41) is 8.99. The Labute approximate surface area is 131 Å². The second kappa shape index (κ2) is 6.53. The average molecular weight is 299 g/mol. The number of aromatic amines is 1. The van der Waals surface area contributed by atoms with E-state index in [9.17, 15) is 4.79 Å². The summed E-state index contributed by atoms with van der Waals surface area (Å²) in [6.07, 6.45) is 6.54. The number of hydrogen-bond donors (Lipinski definition) is 3. The molecule has 0 bridgehead atoms. The highest BCUT2D eigenvalue weighted by Crippen LogP contribution is 2.24. The number of anilines is 1. The number of H-pyrrole nitrogens is 1. The molecule has 1 aliphatic rings. The predicted molar refractivity (Wildman–Crippen MR) is 92.5 cm³/mol. The van der Waals surface area contributed by atoms with E-state index in [-0.39, 0.29) is 5.56 Å². The third-order valence-corrected chi connectivity index (χ3v) is 4.44. The topological polar surface area (TPSA) is 56.9 Å². The zero-order chi connectivity index (χ0) is 15.5. The number of hydrogen-bond acceptors (Lipinski definition) is 3. The normalized spacial score (nSPS) is 22.1. The lowest BCUT2D eigenvalue weighted by Gasteiger charge is -2.31. The SMILES string of the molecule is CC(C)N[C@H]1CC[C@@H](Nc2ccc3c(=O)[nH]ccc3c2)CC1. The summed E-state index contributed by atoms with van der Waals surface area (Å²) in [5.41, 5.74) is 1.09. The summed E-state index contributed by atoms with van der Waals surface area (Å²) in [6.45, 7) is 4.42. The van der Waals surface area contributed by atoms with Crippen LogP contribution in [0.15, 0.2) is 35.3 Å². The molecule has 0 atom stereocenters. The fraction of sp³-hybridized carbons (Fsp3) is 0.500. The van der Waals surface area contributed by atoms with Crippen LogP contribution in [0.5, 0.6) is 0 Å². The van der Waals surface area contributed by atoms with E-state index in [0.717, 1.165) is 16.5 Å². The van der Waals surface area contributed by atoms with Gasteiger partial charge in [-0.05, 0) is 55.3 Å². The average Bonchev–Trinajstić information content (AvgIpc) is 2.49. The molecule has 0 saturated heterocycles. The first-order valence-electron chi connectivity index (χ1n) is 8.26. The lowest BCUT2D eigenvalue weighted by atomic mass is 9.90. The van der Waals surface area contributed by atoms with Gasteiger partial charge in [-0.15, -0.1) is 0 Å². The van der Waals surface area contributed by atoms with Crippen LogP contribution in [0.1, 0.15) is 39.5 Å². The first kappa shape index (κ1) is 15.1. The van der Waals surface area contributed by atoms with E-state index in [4.69, 9.17) is 0 Å². The monoisotopic (exact) mass is 299 g/mol. The van der Waals surface area contributed by atoms with Crippen LogP contribution in [0.2, 0.25) is 0 Å². The molecular formula is C18H25N3O. The predicted octanol–water partition coefficient (Wildman–Crippen LogP) is 3.25. The molecule has 118 valence electrons. The Morgan fingerprint density at radius 3 is 2.55 bits per heavy atom. The van der Waals surface area contributed by atoms with Gasteiger partial charge in [0.25, 0.3) is 5.56 Å². The molecule has 1 fully saturated rings. The first-order valence-corrected chi connectivity index (χ1v) is 8.26. The van der Waals surface area contributed by atoms with Crippen LogP contribution in [-0.2, 0) is 0 Å². The summed E-state index contributed by atoms with van der Waals surface area (Å²) in [4.78, 5) is 14.4. The van der Waals surface area contributed by atoms with E-state index >= 15 is 0 Å². The molecule has 1 aromatic heterocycles. The van der Waals surface area contributed by atoms with Gasteiger partial charge in [-0.25, -0.2) is 0 Å². The molecule has 0 spiro atoms. The zero-order valence-corrected chi connectivity index (χ0v) is 13.4. The van der Waals surface area contributed by atoms with Gasteiger partial charge in [0, 0.05) is 35.4 Å². The van der Waals surface area contributed by atoms with Crippen LogP contribution < -0.4 is 16.2 Å². The number of rotatable bonds is 4. The Morgan fingerprint density at radius 1 is 1.09 bits per heavy atom. The molecule has 0 unspecified atom stereocenters. The molecule has 4 heteroatoms. The minimum Gasteiger partial charge on any atom is -0.382 e. The van der Waals surface area contributed by atoms with Gasteiger partial charge in [-0.1, -0.05) is 13.8 Å². The zero-order valence-electron chi connectivity index (χ0n) is 13.4. The van der Waals surface area contributed by atoms with Crippen molar-refractivity contribution >= 4 is 16.5 Å². The fourth-order valence-corrected chi connectivity index (χ4v) is 3.39. The number of fused-ring (bicyclic) bond motifs is 1. The van der Waals surface area contributed by atoms with E-state index in [1.54, 1.807) is 6.20 Å². The van der Waals surface area contributed by atoms with Gasteiger partial charge in [0.15, 0.2) is 0 Å². The summed E-state index contributed by atoms with van der Waals surface area (Å²) >= 11 is 0. The van der Waals surface area contributed by atoms with Crippen LogP contribution in [0.25, 0.3) is 10.8 Å². The molecule has 0 radical (unpaired) electrons. The molecule has 4 nitrogen and oxygen atoms in total. The molecule has 1 heterocycles. The van der Waals surface area contributed by atoms with Crippen molar-refractivity contribution in [1.82, 2.24) is 10.3 Å². The van der Waals surface area contributed by atoms with E-state index in [1.165, 1.54) is 25.7 Å². The second-order valence-corrected chi connectivity index (χ2v) is 6.62. The maximum absolute atomic E-state index is 11.7. The van der Waals surface area contributed by atoms with Gasteiger partial charge in [-0.2, -0.15) is 0 Å². The molecule has 2 aromatic rings. The Balaban J connectivity index is 1.63. The maximum Gasteiger partial charge on any atom is 0.255 e. The lowest BCUT2D eigenvalue weighted by molar-refractivity contribution is 0.336. The van der Waals surface area contributed by atoms with Gasteiger partial charge >= 0.3 is 0 Å². The number of aromatic nitrogens is 1. The van der Waals surface area contributed by atoms with Crippen molar-refractivity contribution in [3.63, 3.8) is 0 Å². The van der Waals surface area contributed by atoms with Crippen LogP contribution in [0.3, 0.4) is 0 Å². The lowest BCUT2D eigenvalue weighted by Crippen LogP contribution is -2.40. The van der Waals surface area contributed by atoms with Gasteiger partial charge in [0.1, 0.15) is 0 Å². The van der Waals surface area contributed by atoms with Crippen LogP contribution >= 0.6 is 0 Å². The summed E-state index contributed by atoms with van der Waals surface area (Å²) in [7, 11) is 0. The van der Waals surface area contributed by atoms with Crippen molar-refractivity contribution in [2.45, 2.75) is 57.7 Å². The first-order chi connectivity index (χ1) is 10.6. The standard InChI is InChI=1S/C18H25N3O/c1-12(2)20-14-3-5-15(6-4-14)21-16-7-8-17-13(11-16)9-10-19-18(17)22/h7-12,14-15,20-21H,3-6H2,1-2H3,(H,19,22)/t14-,15+. The van der Waals surface area contributed by atoms with E-state index in [2.05, 4.69) is 35.5 Å². The Morgan fingerprint density at radius 2 is 1.82 bits per heavy atom. The van der Waals surface area contributed by atoms with Crippen molar-refractivity contribution in [1.29, 1.82) is 0 Å². The van der Waals surface area contributed by atoms with Crippen molar-refractivity contribution in [3.05, 3.63) is 40.8 Å². The van der Waals surface area contributed by atoms with Gasteiger partial charge in [-0.3, -0.25) is 4.79 Å². The summed E-state index contributed by atoms with van der Waals surface area (Å²) in [5.74, 6) is 0. The van der Waals surface area contributed by atoms with Gasteiger partial charge < -0.3 is 15.6 Å². The second-order valence-electron chi connectivity index (χ2n) is 6.62. The fourth-order valence-electron chi connectivity index (χ4n) is 3.39. The third-order valence-electron chi connectivity index (χ3n) is 4.44. The molecule has 22 heavy (non-hydrogen) atoms. The van der Waals surface area contributed by atoms with Gasteiger partial charge in [0.2, 0.25) is 0 Å². The highest BCUT2D eigenvalue weighted by molar-refractivity contribution is 5.84. The molecular weight excluding hydrogens is 274 g/mol. The van der Waals surface area contributed by atoms with Crippen LogP contribution in [0.4, 0.5) is 5.69 Å². The molecule has 1 aliphatic carbocycles. The Bertz CT molecular complexity index is 684. The van der Waals surface area contributed by atoms with Gasteiger partial charge in [0.05, 0.1) is 0 Å². The molecule has 0 amide bonds. The molecule has 0 aliphatic heterocycles. The highest BCUT2D eigenvalue weighted by Gasteiger charge is 2.21. The molecule has 3 N–H and O–H groups in total. The molecule has 3 rings (SSSR count). The number of pyridine rings is 1. The maximum atomic E-state index is 11.7. The van der Waals surface area contributed by atoms with Crippen LogP contribution in [0, 0.1) is 0 Å². The molecule has 1 saturated carbocycles. The molecule has 1 aromatic carbocycles. The van der Waals surface area contributed by atoms with E-state index < -0.39 is 0 Å². The van der Waals surface area contributed by atoms with Crippen molar-refractivity contribution < 1.29 is 0 Å². The Hall–Kier alpha value is -1.81. The van der Waals surface area contributed by atoms with Crippen LogP contribution in [-0.4, -0.2) is 23.1 Å². The van der Waals surface area contributed by atoms with Crippen molar-refractivity contribution in [3.8, 4) is 0 Å². The largest absolute Gasteiger partial charge is 0.382 e.